The Kier molecular flexibility index (Phi) is 2.41. The maximum atomic E-state index is 12.8. The van der Waals surface area contributed by atoms with Crippen molar-refractivity contribution in [1.82, 2.24) is 4.90 Å². The number of hydrogen-bond donors (Lipinski definition) is 1. The van der Waals surface area contributed by atoms with E-state index in [1.165, 1.54) is 38.5 Å². The van der Waals surface area contributed by atoms with Crippen molar-refractivity contribution in [2.75, 3.05) is 13.6 Å². The first-order valence-corrected chi connectivity index (χ1v) is 8.05. The summed E-state index contributed by atoms with van der Waals surface area (Å²) in [6, 6.07) is 0. The summed E-state index contributed by atoms with van der Waals surface area (Å²) in [5.74, 6) is 3.05. The fourth-order valence-electron chi connectivity index (χ4n) is 5.70. The molecule has 0 heterocycles. The number of carbonyl (C=O) groups excluding carboxylic acids is 1. The van der Waals surface area contributed by atoms with Crippen LogP contribution in [0.15, 0.2) is 0 Å². The lowest BCUT2D eigenvalue weighted by molar-refractivity contribution is -0.152. The van der Waals surface area contributed by atoms with Crippen LogP contribution in [0.1, 0.15) is 51.4 Å². The normalized spacial score (nSPS) is 45.3. The molecule has 19 heavy (non-hydrogen) atoms. The Morgan fingerprint density at radius 1 is 1.11 bits per heavy atom. The van der Waals surface area contributed by atoms with Gasteiger partial charge in [0.05, 0.1) is 5.41 Å². The Morgan fingerprint density at radius 2 is 1.58 bits per heavy atom. The molecule has 3 nitrogen and oxygen atoms in total. The molecule has 0 saturated heterocycles. The minimum atomic E-state index is -0.169. The van der Waals surface area contributed by atoms with E-state index in [2.05, 4.69) is 11.9 Å². The van der Waals surface area contributed by atoms with Gasteiger partial charge in [-0.25, -0.2) is 0 Å². The minimum absolute atomic E-state index is 0.169. The Bertz CT molecular complexity index is 378. The van der Waals surface area contributed by atoms with E-state index in [9.17, 15) is 4.79 Å². The number of nitrogens with zero attached hydrogens (tertiary/aromatic N) is 1. The molecule has 0 aromatic heterocycles. The number of amides is 1. The number of rotatable bonds is 3. The highest BCUT2D eigenvalue weighted by molar-refractivity contribution is 5.86. The highest BCUT2D eigenvalue weighted by Gasteiger charge is 2.58. The van der Waals surface area contributed by atoms with Crippen LogP contribution >= 0.6 is 0 Å². The fraction of sp³-hybridized carbons (Fsp3) is 0.938. The van der Waals surface area contributed by atoms with E-state index < -0.39 is 0 Å². The van der Waals surface area contributed by atoms with Gasteiger partial charge in [0.2, 0.25) is 5.91 Å². The van der Waals surface area contributed by atoms with Crippen molar-refractivity contribution in [3.63, 3.8) is 0 Å². The zero-order valence-corrected chi connectivity index (χ0v) is 12.0. The van der Waals surface area contributed by atoms with E-state index in [1.807, 2.05) is 0 Å². The van der Waals surface area contributed by atoms with Crippen molar-refractivity contribution in [2.24, 2.45) is 28.9 Å². The van der Waals surface area contributed by atoms with Crippen molar-refractivity contribution >= 4 is 5.91 Å². The lowest BCUT2D eigenvalue weighted by Crippen LogP contribution is -2.61. The molecule has 5 saturated carbocycles. The van der Waals surface area contributed by atoms with Gasteiger partial charge < -0.3 is 10.6 Å². The van der Waals surface area contributed by atoms with Gasteiger partial charge in [-0.05, 0) is 69.1 Å². The quantitative estimate of drug-likeness (QED) is 0.847. The van der Waals surface area contributed by atoms with E-state index in [1.54, 1.807) is 0 Å². The highest BCUT2D eigenvalue weighted by atomic mass is 16.2. The van der Waals surface area contributed by atoms with Crippen LogP contribution < -0.4 is 5.73 Å². The van der Waals surface area contributed by atoms with Crippen LogP contribution in [0.4, 0.5) is 0 Å². The summed E-state index contributed by atoms with van der Waals surface area (Å²) >= 11 is 0. The molecule has 5 aliphatic rings. The topological polar surface area (TPSA) is 46.3 Å². The summed E-state index contributed by atoms with van der Waals surface area (Å²) < 4.78 is 0. The number of nitrogens with two attached hydrogens (primary N) is 1. The molecule has 0 aromatic rings. The summed E-state index contributed by atoms with van der Waals surface area (Å²) in [6.45, 7) is 0.544. The van der Waals surface area contributed by atoms with Crippen molar-refractivity contribution in [3.8, 4) is 0 Å². The van der Waals surface area contributed by atoms with Crippen molar-refractivity contribution < 1.29 is 4.79 Å². The summed E-state index contributed by atoms with van der Waals surface area (Å²) in [4.78, 5) is 15.0. The van der Waals surface area contributed by atoms with Crippen LogP contribution in [-0.2, 0) is 4.79 Å². The lowest BCUT2D eigenvalue weighted by Gasteiger charge is -2.60. The average molecular weight is 262 g/mol. The maximum Gasteiger partial charge on any atom is 0.230 e. The van der Waals surface area contributed by atoms with Gasteiger partial charge in [0, 0.05) is 19.1 Å². The Morgan fingerprint density at radius 3 is 1.95 bits per heavy atom. The lowest BCUT2D eigenvalue weighted by atomic mass is 9.52. The van der Waals surface area contributed by atoms with Gasteiger partial charge in [-0.1, -0.05) is 0 Å². The van der Waals surface area contributed by atoms with Crippen LogP contribution in [0.5, 0.6) is 0 Å². The summed E-state index contributed by atoms with van der Waals surface area (Å²) in [5.41, 5.74) is 5.89. The molecule has 0 aliphatic heterocycles. The zero-order valence-electron chi connectivity index (χ0n) is 12.0. The molecule has 0 aromatic carbocycles. The van der Waals surface area contributed by atoms with Gasteiger partial charge in [0.15, 0.2) is 0 Å². The van der Waals surface area contributed by atoms with Gasteiger partial charge in [-0.2, -0.15) is 0 Å². The van der Waals surface area contributed by atoms with E-state index in [0.717, 1.165) is 30.6 Å². The van der Waals surface area contributed by atoms with E-state index >= 15 is 0 Å². The van der Waals surface area contributed by atoms with E-state index in [4.69, 9.17) is 5.73 Å². The van der Waals surface area contributed by atoms with Gasteiger partial charge in [0.1, 0.15) is 0 Å². The highest BCUT2D eigenvalue weighted by Crippen LogP contribution is 2.58. The fourth-order valence-corrected chi connectivity index (χ4v) is 5.70. The van der Waals surface area contributed by atoms with Crippen molar-refractivity contribution in [1.29, 1.82) is 0 Å². The Balaban J connectivity index is 1.59. The molecule has 1 amide bonds. The minimum Gasteiger partial charge on any atom is -0.340 e. The van der Waals surface area contributed by atoms with Crippen LogP contribution in [-0.4, -0.2) is 29.9 Å². The molecule has 0 spiro atoms. The average Bonchev–Trinajstić information content (AvgIpc) is 3.16. The molecule has 0 atom stereocenters. The second-order valence-corrected chi connectivity index (χ2v) is 7.99. The van der Waals surface area contributed by atoms with E-state index in [-0.39, 0.29) is 11.0 Å². The molecule has 0 unspecified atom stereocenters. The predicted molar refractivity (Wildman–Crippen MR) is 74.4 cm³/mol. The second kappa shape index (κ2) is 3.75. The molecule has 106 valence electrons. The summed E-state index contributed by atoms with van der Waals surface area (Å²) in [6.07, 6.45) is 10.1. The Labute approximate surface area is 115 Å². The van der Waals surface area contributed by atoms with Gasteiger partial charge in [0.25, 0.3) is 0 Å². The molecule has 5 fully saturated rings. The smallest absolute Gasteiger partial charge is 0.230 e. The zero-order chi connectivity index (χ0) is 13.3. The standard InChI is InChI=1S/C16H26N2O/c1-18(14(19)15(10-17)2-3-15)16-7-11-4-12(8-16)6-13(5-11)9-16/h11-13H,2-10,17H2,1H3. The molecule has 5 rings (SSSR count). The molecule has 4 bridgehead atoms. The number of hydrogen-bond acceptors (Lipinski definition) is 2. The molecule has 3 heteroatoms. The first-order valence-electron chi connectivity index (χ1n) is 8.05. The Hall–Kier alpha value is -0.570. The first-order chi connectivity index (χ1) is 9.07. The van der Waals surface area contributed by atoms with Crippen LogP contribution in [0.2, 0.25) is 0 Å². The molecular formula is C16H26N2O. The predicted octanol–water partition coefficient (Wildman–Crippen LogP) is 2.15. The molecular weight excluding hydrogens is 236 g/mol. The van der Waals surface area contributed by atoms with Crippen LogP contribution in [0.25, 0.3) is 0 Å². The molecule has 5 aliphatic carbocycles. The SMILES string of the molecule is CN(C(=O)C1(CN)CC1)C12CC3CC(CC(C3)C1)C2. The largest absolute Gasteiger partial charge is 0.340 e. The number of carbonyl (C=O) groups is 1. The van der Waals surface area contributed by atoms with Gasteiger partial charge in [-0.3, -0.25) is 4.79 Å². The third kappa shape index (κ3) is 1.63. The van der Waals surface area contributed by atoms with Crippen LogP contribution in [0.3, 0.4) is 0 Å². The van der Waals surface area contributed by atoms with Crippen LogP contribution in [0, 0.1) is 23.2 Å². The second-order valence-electron chi connectivity index (χ2n) is 7.99. The third-order valence-electron chi connectivity index (χ3n) is 6.72. The van der Waals surface area contributed by atoms with Crippen molar-refractivity contribution in [3.05, 3.63) is 0 Å². The molecule has 0 radical (unpaired) electrons. The van der Waals surface area contributed by atoms with Gasteiger partial charge in [-0.15, -0.1) is 0 Å². The molecule has 2 N–H and O–H groups in total. The maximum absolute atomic E-state index is 12.8. The summed E-state index contributed by atoms with van der Waals surface area (Å²) in [7, 11) is 2.07. The monoisotopic (exact) mass is 262 g/mol. The van der Waals surface area contributed by atoms with Crippen molar-refractivity contribution in [2.45, 2.75) is 56.9 Å². The van der Waals surface area contributed by atoms with E-state index in [0.29, 0.717) is 12.5 Å². The third-order valence-corrected chi connectivity index (χ3v) is 6.72. The first kappa shape index (κ1) is 12.2. The summed E-state index contributed by atoms with van der Waals surface area (Å²) in [5, 5.41) is 0. The van der Waals surface area contributed by atoms with Gasteiger partial charge >= 0.3 is 0 Å².